The summed E-state index contributed by atoms with van der Waals surface area (Å²) in [4.78, 5) is 28.0. The molecule has 0 aliphatic rings. The molecule has 0 bridgehead atoms. The fourth-order valence-corrected chi connectivity index (χ4v) is 3.81. The van der Waals surface area contributed by atoms with Gasteiger partial charge in [0, 0.05) is 36.0 Å². The molecule has 32 heavy (non-hydrogen) atoms. The molecule has 1 unspecified atom stereocenters. The lowest BCUT2D eigenvalue weighted by Crippen LogP contribution is -2.50. The molecule has 3 aromatic rings. The first-order valence-electron chi connectivity index (χ1n) is 10.6. The Labute approximate surface area is 199 Å². The third-order valence-corrected chi connectivity index (χ3v) is 5.87. The maximum absolute atomic E-state index is 13.4. The Bertz CT molecular complexity index is 1040. The van der Waals surface area contributed by atoms with Gasteiger partial charge in [-0.05, 0) is 34.9 Å². The van der Waals surface area contributed by atoms with Gasteiger partial charge in [0.2, 0.25) is 11.8 Å². The third-order valence-electron chi connectivity index (χ3n) is 5.25. The minimum atomic E-state index is -0.664. The zero-order chi connectivity index (χ0) is 22.9. The summed E-state index contributed by atoms with van der Waals surface area (Å²) in [5.41, 5.74) is 2.72. The Morgan fingerprint density at radius 1 is 0.875 bits per heavy atom. The van der Waals surface area contributed by atoms with Gasteiger partial charge in [-0.2, -0.15) is 0 Å². The predicted octanol–water partition coefficient (Wildman–Crippen LogP) is 5.66. The van der Waals surface area contributed by atoms with Crippen LogP contribution in [0.25, 0.3) is 0 Å². The lowest BCUT2D eigenvalue weighted by molar-refractivity contribution is -0.141. The molecule has 0 aromatic heterocycles. The Kier molecular flexibility index (Phi) is 8.72. The van der Waals surface area contributed by atoms with Crippen molar-refractivity contribution < 1.29 is 9.59 Å². The monoisotopic (exact) mass is 468 g/mol. The van der Waals surface area contributed by atoms with Crippen LogP contribution in [0.5, 0.6) is 0 Å². The molecule has 0 saturated carbocycles. The highest BCUT2D eigenvalue weighted by atomic mass is 35.5. The summed E-state index contributed by atoms with van der Waals surface area (Å²) in [5.74, 6) is -0.307. The van der Waals surface area contributed by atoms with Gasteiger partial charge in [0.1, 0.15) is 6.04 Å². The standard InChI is InChI=1S/C26H26Cl2N2O2/c1-2-25(31)30(18-20-12-14-22(27)15-13-20)24(16-19-8-4-3-5-9-19)26(32)29-17-21-10-6-7-11-23(21)28/h3-15,24H,2,16-18H2,1H3,(H,29,32). The molecule has 6 heteroatoms. The average molecular weight is 469 g/mol. The largest absolute Gasteiger partial charge is 0.350 e. The number of rotatable bonds is 9. The Balaban J connectivity index is 1.87. The predicted molar refractivity (Wildman–Crippen MR) is 130 cm³/mol. The van der Waals surface area contributed by atoms with Crippen molar-refractivity contribution in [1.82, 2.24) is 10.2 Å². The highest BCUT2D eigenvalue weighted by Crippen LogP contribution is 2.18. The van der Waals surface area contributed by atoms with E-state index in [0.717, 1.165) is 16.7 Å². The van der Waals surface area contributed by atoms with Crippen molar-refractivity contribution in [2.45, 2.75) is 38.9 Å². The Hall–Kier alpha value is -2.82. The van der Waals surface area contributed by atoms with E-state index in [1.165, 1.54) is 0 Å². The molecule has 166 valence electrons. The summed E-state index contributed by atoms with van der Waals surface area (Å²) in [5, 5.41) is 4.19. The van der Waals surface area contributed by atoms with E-state index in [9.17, 15) is 9.59 Å². The summed E-state index contributed by atoms with van der Waals surface area (Å²) in [6, 6.07) is 23.8. The second-order valence-corrected chi connectivity index (χ2v) is 8.36. The topological polar surface area (TPSA) is 49.4 Å². The lowest BCUT2D eigenvalue weighted by Gasteiger charge is -2.31. The van der Waals surface area contributed by atoms with Crippen LogP contribution in [0.15, 0.2) is 78.9 Å². The molecule has 0 aliphatic heterocycles. The minimum Gasteiger partial charge on any atom is -0.350 e. The van der Waals surface area contributed by atoms with Crippen LogP contribution in [-0.2, 0) is 29.1 Å². The summed E-state index contributed by atoms with van der Waals surface area (Å²) < 4.78 is 0. The van der Waals surface area contributed by atoms with Crippen LogP contribution in [0.3, 0.4) is 0 Å². The van der Waals surface area contributed by atoms with Gasteiger partial charge in [-0.25, -0.2) is 0 Å². The number of amides is 2. The van der Waals surface area contributed by atoms with Crippen molar-refractivity contribution in [2.75, 3.05) is 0 Å². The van der Waals surface area contributed by atoms with E-state index >= 15 is 0 Å². The van der Waals surface area contributed by atoms with E-state index < -0.39 is 6.04 Å². The second-order valence-electron chi connectivity index (χ2n) is 7.52. The minimum absolute atomic E-state index is 0.0891. The smallest absolute Gasteiger partial charge is 0.243 e. The molecule has 0 saturated heterocycles. The van der Waals surface area contributed by atoms with Gasteiger partial charge in [-0.1, -0.05) is 90.8 Å². The van der Waals surface area contributed by atoms with E-state index in [1.807, 2.05) is 60.7 Å². The van der Waals surface area contributed by atoms with Crippen LogP contribution in [0.4, 0.5) is 0 Å². The van der Waals surface area contributed by atoms with Gasteiger partial charge in [-0.3, -0.25) is 9.59 Å². The number of halogens is 2. The molecule has 0 spiro atoms. The van der Waals surface area contributed by atoms with E-state index in [1.54, 1.807) is 30.0 Å². The number of carbonyl (C=O) groups excluding carboxylic acids is 2. The molecule has 3 rings (SSSR count). The summed E-state index contributed by atoms with van der Waals surface area (Å²) in [6.45, 7) is 2.41. The highest BCUT2D eigenvalue weighted by Gasteiger charge is 2.29. The number of nitrogens with zero attached hydrogens (tertiary/aromatic N) is 1. The van der Waals surface area contributed by atoms with E-state index in [2.05, 4.69) is 5.32 Å². The van der Waals surface area contributed by atoms with Gasteiger partial charge in [0.15, 0.2) is 0 Å². The molecule has 0 fully saturated rings. The number of benzene rings is 3. The molecule has 0 aliphatic carbocycles. The maximum atomic E-state index is 13.4. The molecule has 1 atom stereocenters. The third kappa shape index (κ3) is 6.59. The van der Waals surface area contributed by atoms with Crippen LogP contribution in [0.2, 0.25) is 10.0 Å². The van der Waals surface area contributed by atoms with Crippen LogP contribution >= 0.6 is 23.2 Å². The Morgan fingerprint density at radius 3 is 2.19 bits per heavy atom. The molecule has 1 N–H and O–H groups in total. The SMILES string of the molecule is CCC(=O)N(Cc1ccc(Cl)cc1)C(Cc1ccccc1)C(=O)NCc1ccccc1Cl. The zero-order valence-corrected chi connectivity index (χ0v) is 19.4. The first kappa shape index (κ1) is 23.8. The lowest BCUT2D eigenvalue weighted by atomic mass is 10.0. The molecule has 0 radical (unpaired) electrons. The van der Waals surface area contributed by atoms with Gasteiger partial charge in [0.05, 0.1) is 0 Å². The molecule has 0 heterocycles. The molecular formula is C26H26Cl2N2O2. The number of carbonyl (C=O) groups is 2. The summed E-state index contributed by atoms with van der Waals surface area (Å²) in [7, 11) is 0. The van der Waals surface area contributed by atoms with E-state index in [-0.39, 0.29) is 11.8 Å². The quantitative estimate of drug-likeness (QED) is 0.440. The summed E-state index contributed by atoms with van der Waals surface area (Å²) >= 11 is 12.3. The molecule has 4 nitrogen and oxygen atoms in total. The van der Waals surface area contributed by atoms with Crippen molar-refractivity contribution in [2.24, 2.45) is 0 Å². The van der Waals surface area contributed by atoms with Gasteiger partial charge in [0.25, 0.3) is 0 Å². The molecule has 3 aromatic carbocycles. The molecular weight excluding hydrogens is 443 g/mol. The van der Waals surface area contributed by atoms with Crippen LogP contribution < -0.4 is 5.32 Å². The zero-order valence-electron chi connectivity index (χ0n) is 17.9. The molecule has 2 amide bonds. The van der Waals surface area contributed by atoms with Crippen molar-refractivity contribution in [1.29, 1.82) is 0 Å². The fourth-order valence-electron chi connectivity index (χ4n) is 3.49. The van der Waals surface area contributed by atoms with Crippen LogP contribution in [0, 0.1) is 0 Å². The number of nitrogens with one attached hydrogen (secondary N) is 1. The number of hydrogen-bond acceptors (Lipinski definition) is 2. The Morgan fingerprint density at radius 2 is 1.53 bits per heavy atom. The first-order valence-corrected chi connectivity index (χ1v) is 11.3. The van der Waals surface area contributed by atoms with Crippen LogP contribution in [-0.4, -0.2) is 22.8 Å². The second kappa shape index (κ2) is 11.7. The highest BCUT2D eigenvalue weighted by molar-refractivity contribution is 6.31. The van der Waals surface area contributed by atoms with Gasteiger partial charge in [-0.15, -0.1) is 0 Å². The first-order chi connectivity index (χ1) is 15.5. The van der Waals surface area contributed by atoms with Crippen molar-refractivity contribution in [3.8, 4) is 0 Å². The van der Waals surface area contributed by atoms with Gasteiger partial charge >= 0.3 is 0 Å². The normalized spacial score (nSPS) is 11.6. The van der Waals surface area contributed by atoms with Crippen LogP contribution in [0.1, 0.15) is 30.0 Å². The summed E-state index contributed by atoms with van der Waals surface area (Å²) in [6.07, 6.45) is 0.713. The average Bonchev–Trinajstić information content (AvgIpc) is 2.82. The van der Waals surface area contributed by atoms with Crippen molar-refractivity contribution in [3.05, 3.63) is 106 Å². The number of hydrogen-bond donors (Lipinski definition) is 1. The van der Waals surface area contributed by atoms with E-state index in [4.69, 9.17) is 23.2 Å². The van der Waals surface area contributed by atoms with Crippen molar-refractivity contribution >= 4 is 35.0 Å². The van der Waals surface area contributed by atoms with Crippen molar-refractivity contribution in [3.63, 3.8) is 0 Å². The van der Waals surface area contributed by atoms with Gasteiger partial charge < -0.3 is 10.2 Å². The fraction of sp³-hybridized carbons (Fsp3) is 0.231. The maximum Gasteiger partial charge on any atom is 0.243 e. The van der Waals surface area contributed by atoms with E-state index in [0.29, 0.717) is 36.0 Å².